The first-order valence-corrected chi connectivity index (χ1v) is 15.4. The summed E-state index contributed by atoms with van der Waals surface area (Å²) in [6.07, 6.45) is -2.86. The number of aryl methyl sites for hydroxylation is 1. The molecule has 0 fully saturated rings. The summed E-state index contributed by atoms with van der Waals surface area (Å²) < 4.78 is 88.0. The van der Waals surface area contributed by atoms with Crippen molar-refractivity contribution in [2.75, 3.05) is 27.0 Å². The molecule has 4 rings (SSSR count). The van der Waals surface area contributed by atoms with Gasteiger partial charge in [0.1, 0.15) is 12.5 Å². The van der Waals surface area contributed by atoms with E-state index in [4.69, 9.17) is 25.8 Å². The minimum atomic E-state index is -5.19. The van der Waals surface area contributed by atoms with Gasteiger partial charge >= 0.3 is 18.1 Å². The van der Waals surface area contributed by atoms with E-state index in [0.717, 1.165) is 18.4 Å². The second-order valence-electron chi connectivity index (χ2n) is 10.9. The number of alkyl halides is 4. The Morgan fingerprint density at radius 2 is 1.62 bits per heavy atom. The van der Waals surface area contributed by atoms with Crippen LogP contribution in [0.5, 0.6) is 5.88 Å². The number of halogens is 6. The van der Waals surface area contributed by atoms with E-state index in [9.17, 15) is 27.2 Å². The van der Waals surface area contributed by atoms with Gasteiger partial charge in [0.2, 0.25) is 5.88 Å². The van der Waals surface area contributed by atoms with E-state index in [0.29, 0.717) is 56.1 Å². The summed E-state index contributed by atoms with van der Waals surface area (Å²) in [7, 11) is 0.923. The van der Waals surface area contributed by atoms with Crippen LogP contribution in [0.3, 0.4) is 0 Å². The van der Waals surface area contributed by atoms with Crippen molar-refractivity contribution < 1.29 is 45.8 Å². The van der Waals surface area contributed by atoms with Crippen molar-refractivity contribution in [3.63, 3.8) is 0 Å². The summed E-state index contributed by atoms with van der Waals surface area (Å²) in [5, 5.41) is 1.66. The Hall–Kier alpha value is -4.52. The van der Waals surface area contributed by atoms with E-state index in [1.165, 1.54) is 6.92 Å². The van der Waals surface area contributed by atoms with E-state index in [1.807, 2.05) is 37.3 Å². The monoisotopic (exact) mass is 693 g/mol. The lowest BCUT2D eigenvalue weighted by Gasteiger charge is -2.32. The number of dihydropyridines is 1. The maximum atomic E-state index is 15.3. The lowest BCUT2D eigenvalue weighted by molar-refractivity contribution is -0.141. The van der Waals surface area contributed by atoms with Gasteiger partial charge in [0.15, 0.2) is 5.82 Å². The maximum absolute atomic E-state index is 15.3. The Morgan fingerprint density at radius 1 is 0.938 bits per heavy atom. The summed E-state index contributed by atoms with van der Waals surface area (Å²) in [4.78, 5) is 35.1. The van der Waals surface area contributed by atoms with E-state index < -0.39 is 69.5 Å². The molecule has 0 radical (unpaired) electrons. The Bertz CT molecular complexity index is 1710. The largest absolute Gasteiger partial charge is 0.478 e. The van der Waals surface area contributed by atoms with Crippen LogP contribution in [-0.4, -0.2) is 48.9 Å². The van der Waals surface area contributed by atoms with Gasteiger partial charge in [-0.1, -0.05) is 41.9 Å². The van der Waals surface area contributed by atoms with Gasteiger partial charge in [-0.2, -0.15) is 18.2 Å². The van der Waals surface area contributed by atoms with Crippen molar-refractivity contribution in [3.8, 4) is 17.3 Å². The number of hydrogen-bond donors (Lipinski definition) is 1. The SMILES string of the molecule is COC(=O)C1=C(CF)NC(C)=C(C(=O)OCCCCCCOc2cc(C)nc(-c3ccccc3)n2)C1c1c(F)ccc(Cl)c1C(F)(F)F. The third-order valence-corrected chi connectivity index (χ3v) is 7.82. The Labute approximate surface area is 279 Å². The molecule has 0 bridgehead atoms. The molecule has 1 aromatic heterocycles. The smallest absolute Gasteiger partial charge is 0.418 e. The normalized spacial score (nSPS) is 14.9. The molecule has 0 saturated carbocycles. The fourth-order valence-electron chi connectivity index (χ4n) is 5.36. The summed E-state index contributed by atoms with van der Waals surface area (Å²) in [5.41, 5.74) is -2.94. The van der Waals surface area contributed by atoms with Crippen molar-refractivity contribution in [1.29, 1.82) is 0 Å². The van der Waals surface area contributed by atoms with E-state index in [-0.39, 0.29) is 12.3 Å². The van der Waals surface area contributed by atoms with Gasteiger partial charge in [-0.3, -0.25) is 0 Å². The number of nitrogens with zero attached hydrogens (tertiary/aromatic N) is 2. The number of esters is 2. The number of ether oxygens (including phenoxy) is 3. The Kier molecular flexibility index (Phi) is 12.1. The standard InChI is InChI=1S/C34H33ClF5N3O5/c1-19-17-25(43-31(41-19)21-11-7-6-8-12-21)47-15-9-4-5-10-16-48-33(45)26-20(2)42-24(18-36)28(32(44)46-3)29(26)27-23(37)14-13-22(35)30(27)34(38,39)40/h6-8,11-14,17,29,42H,4-5,9-10,15-16,18H2,1-3H3. The van der Waals surface area contributed by atoms with Gasteiger partial charge in [0.05, 0.1) is 53.7 Å². The van der Waals surface area contributed by atoms with Crippen LogP contribution in [0, 0.1) is 12.7 Å². The van der Waals surface area contributed by atoms with Crippen LogP contribution in [0.25, 0.3) is 11.4 Å². The van der Waals surface area contributed by atoms with Crippen molar-refractivity contribution in [3.05, 3.63) is 98.7 Å². The molecule has 0 saturated heterocycles. The predicted octanol–water partition coefficient (Wildman–Crippen LogP) is 7.80. The molecule has 0 spiro atoms. The van der Waals surface area contributed by atoms with Crippen molar-refractivity contribution in [2.45, 2.75) is 51.6 Å². The van der Waals surface area contributed by atoms with Crippen LogP contribution < -0.4 is 10.1 Å². The van der Waals surface area contributed by atoms with Crippen molar-refractivity contribution in [2.24, 2.45) is 0 Å². The predicted molar refractivity (Wildman–Crippen MR) is 167 cm³/mol. The van der Waals surface area contributed by atoms with E-state index in [2.05, 4.69) is 15.3 Å². The summed E-state index contributed by atoms with van der Waals surface area (Å²) in [5.74, 6) is -4.83. The average Bonchev–Trinajstić information content (AvgIpc) is 3.05. The number of carbonyl (C=O) groups is 2. The van der Waals surface area contributed by atoms with Crippen LogP contribution >= 0.6 is 11.6 Å². The number of allylic oxidation sites excluding steroid dienone is 2. The summed E-state index contributed by atoms with van der Waals surface area (Å²) >= 11 is 5.87. The third-order valence-electron chi connectivity index (χ3n) is 7.50. The molecule has 2 heterocycles. The first kappa shape index (κ1) is 36.3. The Morgan fingerprint density at radius 3 is 2.27 bits per heavy atom. The number of nitrogens with one attached hydrogen (secondary N) is 1. The highest BCUT2D eigenvalue weighted by Crippen LogP contribution is 2.48. The van der Waals surface area contributed by atoms with Gasteiger partial charge in [0, 0.05) is 28.6 Å². The lowest BCUT2D eigenvalue weighted by atomic mass is 9.78. The molecule has 1 N–H and O–H groups in total. The van der Waals surface area contributed by atoms with Crippen molar-refractivity contribution in [1.82, 2.24) is 15.3 Å². The molecule has 3 aromatic rings. The molecule has 14 heteroatoms. The highest BCUT2D eigenvalue weighted by molar-refractivity contribution is 6.31. The topological polar surface area (TPSA) is 99.6 Å². The molecule has 0 aliphatic carbocycles. The van der Waals surface area contributed by atoms with Gasteiger partial charge in [-0.15, -0.1) is 0 Å². The second kappa shape index (κ2) is 16.1. The zero-order valence-corrected chi connectivity index (χ0v) is 27.1. The number of methoxy groups -OCH3 is 1. The highest BCUT2D eigenvalue weighted by atomic mass is 35.5. The number of unbranched alkanes of at least 4 members (excludes halogenated alkanes) is 3. The molecular formula is C34H33ClF5N3O5. The van der Waals surface area contributed by atoms with Crippen LogP contribution in [-0.2, 0) is 25.2 Å². The van der Waals surface area contributed by atoms with Gasteiger partial charge in [-0.05, 0) is 51.7 Å². The molecule has 1 atom stereocenters. The quantitative estimate of drug-likeness (QED) is 0.110. The molecule has 2 aromatic carbocycles. The zero-order valence-electron chi connectivity index (χ0n) is 26.3. The first-order valence-electron chi connectivity index (χ1n) is 15.0. The molecule has 256 valence electrons. The van der Waals surface area contributed by atoms with Crippen LogP contribution in [0.2, 0.25) is 5.02 Å². The van der Waals surface area contributed by atoms with Crippen LogP contribution in [0.1, 0.15) is 55.3 Å². The minimum Gasteiger partial charge on any atom is -0.478 e. The average molecular weight is 694 g/mol. The Balaban J connectivity index is 1.42. The number of hydrogen-bond acceptors (Lipinski definition) is 8. The number of carbonyl (C=O) groups excluding carboxylic acids is 2. The van der Waals surface area contributed by atoms with E-state index in [1.54, 1.807) is 6.07 Å². The summed E-state index contributed by atoms with van der Waals surface area (Å²) in [6.45, 7) is 2.02. The van der Waals surface area contributed by atoms with Gasteiger partial charge in [0.25, 0.3) is 0 Å². The number of aromatic nitrogens is 2. The fraction of sp³-hybridized carbons (Fsp3) is 0.353. The third kappa shape index (κ3) is 8.49. The molecule has 1 aliphatic rings. The number of rotatable bonds is 13. The van der Waals surface area contributed by atoms with Gasteiger partial charge < -0.3 is 19.5 Å². The number of benzene rings is 2. The zero-order chi connectivity index (χ0) is 35.0. The molecular weight excluding hydrogens is 661 g/mol. The minimum absolute atomic E-state index is 0.120. The molecule has 1 aliphatic heterocycles. The molecule has 48 heavy (non-hydrogen) atoms. The molecule has 8 nitrogen and oxygen atoms in total. The lowest BCUT2D eigenvalue weighted by Crippen LogP contribution is -2.35. The second-order valence-corrected chi connectivity index (χ2v) is 11.3. The van der Waals surface area contributed by atoms with Crippen molar-refractivity contribution >= 4 is 23.5 Å². The highest BCUT2D eigenvalue weighted by Gasteiger charge is 2.46. The van der Waals surface area contributed by atoms with Crippen LogP contribution in [0.15, 0.2) is 71.1 Å². The van der Waals surface area contributed by atoms with Gasteiger partial charge in [-0.25, -0.2) is 23.4 Å². The molecule has 1 unspecified atom stereocenters. The van der Waals surface area contributed by atoms with Crippen LogP contribution in [0.4, 0.5) is 22.0 Å². The molecule has 0 amide bonds. The van der Waals surface area contributed by atoms with E-state index >= 15 is 4.39 Å². The summed E-state index contributed by atoms with van der Waals surface area (Å²) in [6, 6.07) is 12.6. The maximum Gasteiger partial charge on any atom is 0.418 e. The first-order chi connectivity index (χ1) is 22.9. The fourth-order valence-corrected chi connectivity index (χ4v) is 5.63.